The Balaban J connectivity index is 1.79. The molecule has 0 unspecified atom stereocenters. The number of imidazole rings is 1. The van der Waals surface area contributed by atoms with Gasteiger partial charge in [0.2, 0.25) is 0 Å². The van der Waals surface area contributed by atoms with Gasteiger partial charge in [-0.2, -0.15) is 0 Å². The van der Waals surface area contributed by atoms with E-state index >= 15 is 0 Å². The van der Waals surface area contributed by atoms with Crippen molar-refractivity contribution in [1.29, 1.82) is 0 Å². The van der Waals surface area contributed by atoms with Gasteiger partial charge in [0.1, 0.15) is 0 Å². The number of hydrogen-bond donors (Lipinski definition) is 2. The molecule has 0 aliphatic heterocycles. The first-order valence-corrected chi connectivity index (χ1v) is 8.26. The molecule has 3 rings (SSSR count). The van der Waals surface area contributed by atoms with Crippen LogP contribution in [0.25, 0.3) is 16.9 Å². The molecule has 1 aromatic carbocycles. The van der Waals surface area contributed by atoms with Crippen molar-refractivity contribution in [2.45, 2.75) is 13.8 Å². The van der Waals surface area contributed by atoms with Gasteiger partial charge in [0, 0.05) is 30.2 Å². The molecule has 0 radical (unpaired) electrons. The Bertz CT molecular complexity index is 886. The summed E-state index contributed by atoms with van der Waals surface area (Å²) in [7, 11) is 0. The van der Waals surface area contributed by atoms with Crippen LogP contribution in [0.2, 0.25) is 0 Å². The molecule has 0 bridgehead atoms. The van der Waals surface area contributed by atoms with Crippen molar-refractivity contribution in [2.75, 3.05) is 18.9 Å². The second-order valence-corrected chi connectivity index (χ2v) is 6.34. The number of nitrogen functional groups attached to an aromatic ring is 1. The Kier molecular flexibility index (Phi) is 4.88. The third-order valence-electron chi connectivity index (χ3n) is 3.70. The highest BCUT2D eigenvalue weighted by Gasteiger charge is 2.11. The number of fused-ring (bicyclic) bond motifs is 1. The molecule has 3 N–H and O–H groups in total. The number of ether oxygens (including phenoxy) is 1. The van der Waals surface area contributed by atoms with E-state index in [1.807, 2.05) is 61.0 Å². The standard InChI is InChI=1S/C19H22N4O2/c1-13(2)10-21-18(24)12-25-17-7-4-8-23-11-16(22-19(17)23)14-5-3-6-15(20)9-14/h3-9,11,13H,10,12,20H2,1-2H3,(H,21,24). The van der Waals surface area contributed by atoms with Crippen molar-refractivity contribution < 1.29 is 9.53 Å². The van der Waals surface area contributed by atoms with E-state index in [4.69, 9.17) is 10.5 Å². The average Bonchev–Trinajstić information content (AvgIpc) is 3.03. The highest BCUT2D eigenvalue weighted by Crippen LogP contribution is 2.25. The van der Waals surface area contributed by atoms with Gasteiger partial charge in [-0.3, -0.25) is 4.79 Å². The Labute approximate surface area is 146 Å². The van der Waals surface area contributed by atoms with E-state index in [1.54, 1.807) is 6.07 Å². The van der Waals surface area contributed by atoms with Crippen LogP contribution in [0.5, 0.6) is 5.75 Å². The lowest BCUT2D eigenvalue weighted by atomic mass is 10.1. The first-order valence-electron chi connectivity index (χ1n) is 8.26. The van der Waals surface area contributed by atoms with E-state index in [0.29, 0.717) is 29.5 Å². The van der Waals surface area contributed by atoms with E-state index in [-0.39, 0.29) is 12.5 Å². The molecular weight excluding hydrogens is 316 g/mol. The number of anilines is 1. The van der Waals surface area contributed by atoms with Gasteiger partial charge in [-0.25, -0.2) is 4.98 Å². The molecule has 6 heteroatoms. The third kappa shape index (κ3) is 4.09. The van der Waals surface area contributed by atoms with Crippen LogP contribution in [0, 0.1) is 5.92 Å². The summed E-state index contributed by atoms with van der Waals surface area (Å²) in [6.45, 7) is 4.69. The zero-order valence-corrected chi connectivity index (χ0v) is 14.4. The molecule has 25 heavy (non-hydrogen) atoms. The first kappa shape index (κ1) is 16.8. The average molecular weight is 338 g/mol. The van der Waals surface area contributed by atoms with Crippen LogP contribution < -0.4 is 15.8 Å². The second kappa shape index (κ2) is 7.25. The number of carbonyl (C=O) groups excluding carboxylic acids is 1. The van der Waals surface area contributed by atoms with Crippen LogP contribution in [0.4, 0.5) is 5.69 Å². The van der Waals surface area contributed by atoms with Crippen molar-refractivity contribution in [3.63, 3.8) is 0 Å². The van der Waals surface area contributed by atoms with E-state index in [2.05, 4.69) is 10.3 Å². The van der Waals surface area contributed by atoms with Crippen LogP contribution in [0.1, 0.15) is 13.8 Å². The quantitative estimate of drug-likeness (QED) is 0.677. The van der Waals surface area contributed by atoms with Crippen LogP contribution in [-0.2, 0) is 4.79 Å². The number of hydrogen-bond acceptors (Lipinski definition) is 4. The van der Waals surface area contributed by atoms with Gasteiger partial charge in [-0.1, -0.05) is 26.0 Å². The van der Waals surface area contributed by atoms with Crippen molar-refractivity contribution in [1.82, 2.24) is 14.7 Å². The molecule has 0 saturated carbocycles. The Morgan fingerprint density at radius 2 is 2.16 bits per heavy atom. The van der Waals surface area contributed by atoms with Crippen LogP contribution in [-0.4, -0.2) is 28.4 Å². The zero-order valence-electron chi connectivity index (χ0n) is 14.4. The molecule has 2 aromatic heterocycles. The van der Waals surface area contributed by atoms with Crippen molar-refractivity contribution in [3.8, 4) is 17.0 Å². The number of carbonyl (C=O) groups is 1. The van der Waals surface area contributed by atoms with Crippen LogP contribution >= 0.6 is 0 Å². The maximum Gasteiger partial charge on any atom is 0.257 e. The summed E-state index contributed by atoms with van der Waals surface area (Å²) in [6.07, 6.45) is 3.81. The molecule has 3 aromatic rings. The van der Waals surface area contributed by atoms with Gasteiger partial charge >= 0.3 is 0 Å². The third-order valence-corrected chi connectivity index (χ3v) is 3.70. The lowest BCUT2D eigenvalue weighted by Gasteiger charge is -2.09. The molecule has 6 nitrogen and oxygen atoms in total. The summed E-state index contributed by atoms with van der Waals surface area (Å²) in [6, 6.07) is 11.2. The minimum atomic E-state index is -0.140. The predicted molar refractivity (Wildman–Crippen MR) is 98.4 cm³/mol. The fourth-order valence-corrected chi connectivity index (χ4v) is 2.45. The van der Waals surface area contributed by atoms with Gasteiger partial charge in [-0.05, 0) is 30.2 Å². The maximum atomic E-state index is 11.8. The number of aromatic nitrogens is 2. The largest absolute Gasteiger partial charge is 0.480 e. The van der Waals surface area contributed by atoms with Crippen LogP contribution in [0.3, 0.4) is 0 Å². The zero-order chi connectivity index (χ0) is 17.8. The second-order valence-electron chi connectivity index (χ2n) is 6.34. The number of nitrogens with two attached hydrogens (primary N) is 1. The summed E-state index contributed by atoms with van der Waals surface area (Å²) in [5.74, 6) is 0.830. The molecular formula is C19H22N4O2. The van der Waals surface area contributed by atoms with Crippen molar-refractivity contribution in [2.24, 2.45) is 5.92 Å². The SMILES string of the molecule is CC(C)CNC(=O)COc1cccn2cc(-c3cccc(N)c3)nc12. The van der Waals surface area contributed by atoms with E-state index in [1.165, 1.54) is 0 Å². The van der Waals surface area contributed by atoms with Gasteiger partial charge in [0.05, 0.1) is 5.69 Å². The predicted octanol–water partition coefficient (Wildman–Crippen LogP) is 2.73. The lowest BCUT2D eigenvalue weighted by molar-refractivity contribution is -0.123. The van der Waals surface area contributed by atoms with Crippen molar-refractivity contribution >= 4 is 17.2 Å². The number of nitrogens with zero attached hydrogens (tertiary/aromatic N) is 2. The molecule has 0 fully saturated rings. The molecule has 2 heterocycles. The van der Waals surface area contributed by atoms with E-state index in [0.717, 1.165) is 11.3 Å². The number of rotatable bonds is 6. The smallest absolute Gasteiger partial charge is 0.257 e. The van der Waals surface area contributed by atoms with E-state index in [9.17, 15) is 4.79 Å². The molecule has 130 valence electrons. The maximum absolute atomic E-state index is 11.8. The number of pyridine rings is 1. The Morgan fingerprint density at radius 3 is 2.92 bits per heavy atom. The monoisotopic (exact) mass is 338 g/mol. The van der Waals surface area contributed by atoms with Crippen molar-refractivity contribution in [3.05, 3.63) is 48.8 Å². The van der Waals surface area contributed by atoms with E-state index < -0.39 is 0 Å². The van der Waals surface area contributed by atoms with Gasteiger partial charge in [0.25, 0.3) is 5.91 Å². The van der Waals surface area contributed by atoms with Gasteiger partial charge in [0.15, 0.2) is 18.0 Å². The molecule has 0 atom stereocenters. The fourth-order valence-electron chi connectivity index (χ4n) is 2.45. The molecule has 0 spiro atoms. The van der Waals surface area contributed by atoms with Gasteiger partial charge in [-0.15, -0.1) is 0 Å². The first-order chi connectivity index (χ1) is 12.0. The highest BCUT2D eigenvalue weighted by molar-refractivity contribution is 5.78. The molecule has 0 saturated heterocycles. The lowest BCUT2D eigenvalue weighted by Crippen LogP contribution is -2.31. The highest BCUT2D eigenvalue weighted by atomic mass is 16.5. The number of nitrogens with one attached hydrogen (secondary N) is 1. The summed E-state index contributed by atoms with van der Waals surface area (Å²) >= 11 is 0. The van der Waals surface area contributed by atoms with Gasteiger partial charge < -0.3 is 20.2 Å². The fraction of sp³-hybridized carbons (Fsp3) is 0.263. The Morgan fingerprint density at radius 1 is 1.32 bits per heavy atom. The number of amides is 1. The minimum absolute atomic E-state index is 0.0348. The summed E-state index contributed by atoms with van der Waals surface area (Å²) in [4.78, 5) is 16.5. The molecule has 1 amide bonds. The molecule has 0 aliphatic carbocycles. The minimum Gasteiger partial charge on any atom is -0.480 e. The summed E-state index contributed by atoms with van der Waals surface area (Å²) < 4.78 is 7.54. The summed E-state index contributed by atoms with van der Waals surface area (Å²) in [5, 5.41) is 2.83. The van der Waals surface area contributed by atoms with Crippen LogP contribution in [0.15, 0.2) is 48.8 Å². The summed E-state index contributed by atoms with van der Waals surface area (Å²) in [5.41, 5.74) is 8.93. The topological polar surface area (TPSA) is 81.6 Å². The number of benzene rings is 1. The Hall–Kier alpha value is -3.02. The molecule has 0 aliphatic rings. The normalized spacial score (nSPS) is 11.0.